The Hall–Kier alpha value is -2.97. The number of fused-ring (bicyclic) bond motifs is 1. The number of nitrogens with zero attached hydrogens (tertiary/aromatic N) is 6. The van der Waals surface area contributed by atoms with E-state index >= 15 is 0 Å². The van der Waals surface area contributed by atoms with Crippen molar-refractivity contribution in [2.45, 2.75) is 38.8 Å². The second kappa shape index (κ2) is 6.15. The Balaban J connectivity index is 1.64. The normalized spacial score (nSPS) is 14.6. The monoisotopic (exact) mass is 342 g/mol. The molecule has 25 heavy (non-hydrogen) atoms. The Morgan fingerprint density at radius 2 is 2.16 bits per heavy atom. The van der Waals surface area contributed by atoms with Gasteiger partial charge in [0.15, 0.2) is 0 Å². The SMILES string of the molecule is CCOC(=O)c1cccc2nc(Cn3nnn(C4CCC4)c3=O)cn12. The van der Waals surface area contributed by atoms with Crippen molar-refractivity contribution in [2.75, 3.05) is 6.61 Å². The van der Waals surface area contributed by atoms with Gasteiger partial charge in [-0.2, -0.15) is 9.36 Å². The van der Waals surface area contributed by atoms with Crippen molar-refractivity contribution < 1.29 is 9.53 Å². The van der Waals surface area contributed by atoms with E-state index in [0.717, 1.165) is 19.3 Å². The number of hydrogen-bond donors (Lipinski definition) is 0. The van der Waals surface area contributed by atoms with Gasteiger partial charge in [0.25, 0.3) is 0 Å². The minimum Gasteiger partial charge on any atom is -0.461 e. The summed E-state index contributed by atoms with van der Waals surface area (Å²) in [5.74, 6) is -0.412. The van der Waals surface area contributed by atoms with Crippen LogP contribution in [0.4, 0.5) is 0 Å². The zero-order chi connectivity index (χ0) is 17.4. The fraction of sp³-hybridized carbons (Fsp3) is 0.438. The first-order valence-corrected chi connectivity index (χ1v) is 8.34. The molecular weight excluding hydrogens is 324 g/mol. The third-order valence-corrected chi connectivity index (χ3v) is 4.42. The minimum absolute atomic E-state index is 0.165. The van der Waals surface area contributed by atoms with Crippen molar-refractivity contribution in [3.8, 4) is 0 Å². The van der Waals surface area contributed by atoms with Crippen LogP contribution < -0.4 is 5.69 Å². The number of tetrazole rings is 1. The highest BCUT2D eigenvalue weighted by molar-refractivity contribution is 5.88. The highest BCUT2D eigenvalue weighted by Crippen LogP contribution is 2.29. The van der Waals surface area contributed by atoms with Gasteiger partial charge in [-0.15, -0.1) is 0 Å². The topological polar surface area (TPSA) is 96.3 Å². The summed E-state index contributed by atoms with van der Waals surface area (Å²) in [4.78, 5) is 28.9. The standard InChI is InChI=1S/C16H18N6O3/c1-2-25-15(23)13-7-4-8-14-17-11(9-20(13)14)10-21-16(24)22(19-18-21)12-5-3-6-12/h4,7-9,12H,2-3,5-6,10H2,1H3. The molecule has 1 aliphatic carbocycles. The average Bonchev–Trinajstić information content (AvgIpc) is 3.11. The number of imidazole rings is 1. The molecule has 0 bridgehead atoms. The first-order chi connectivity index (χ1) is 12.2. The molecule has 0 aromatic carbocycles. The molecular formula is C16H18N6O3. The van der Waals surface area contributed by atoms with Crippen molar-refractivity contribution in [3.05, 3.63) is 46.3 Å². The first-order valence-electron chi connectivity index (χ1n) is 8.34. The summed E-state index contributed by atoms with van der Waals surface area (Å²) in [6.07, 6.45) is 4.77. The van der Waals surface area contributed by atoms with Gasteiger partial charge in [-0.05, 0) is 48.7 Å². The molecule has 130 valence electrons. The number of rotatable bonds is 5. The zero-order valence-electron chi connectivity index (χ0n) is 13.8. The Kier molecular flexibility index (Phi) is 3.83. The summed E-state index contributed by atoms with van der Waals surface area (Å²) in [5.41, 5.74) is 1.40. The molecule has 1 saturated carbocycles. The molecule has 3 aromatic heterocycles. The number of hydrogen-bond acceptors (Lipinski definition) is 6. The Morgan fingerprint density at radius 1 is 1.32 bits per heavy atom. The number of ether oxygens (including phenoxy) is 1. The molecule has 9 heteroatoms. The lowest BCUT2D eigenvalue weighted by atomic mass is 9.93. The molecule has 0 aliphatic heterocycles. The maximum atomic E-state index is 12.4. The largest absolute Gasteiger partial charge is 0.461 e. The van der Waals surface area contributed by atoms with E-state index in [4.69, 9.17) is 4.74 Å². The van der Waals surface area contributed by atoms with E-state index in [9.17, 15) is 9.59 Å². The van der Waals surface area contributed by atoms with Gasteiger partial charge in [-0.1, -0.05) is 6.07 Å². The third-order valence-electron chi connectivity index (χ3n) is 4.42. The van der Waals surface area contributed by atoms with Crippen molar-refractivity contribution in [1.82, 2.24) is 29.2 Å². The fourth-order valence-corrected chi connectivity index (χ4v) is 2.91. The second-order valence-electron chi connectivity index (χ2n) is 6.04. The predicted molar refractivity (Wildman–Crippen MR) is 87.4 cm³/mol. The quantitative estimate of drug-likeness (QED) is 0.643. The average molecular weight is 342 g/mol. The van der Waals surface area contributed by atoms with E-state index in [1.54, 1.807) is 35.7 Å². The molecule has 0 saturated heterocycles. The molecule has 1 fully saturated rings. The van der Waals surface area contributed by atoms with Crippen molar-refractivity contribution in [3.63, 3.8) is 0 Å². The number of aromatic nitrogens is 6. The highest BCUT2D eigenvalue weighted by Gasteiger charge is 2.24. The smallest absolute Gasteiger partial charge is 0.364 e. The van der Waals surface area contributed by atoms with Crippen molar-refractivity contribution in [1.29, 1.82) is 0 Å². The van der Waals surface area contributed by atoms with E-state index in [2.05, 4.69) is 15.4 Å². The molecule has 1 aliphatic rings. The maximum absolute atomic E-state index is 12.4. The lowest BCUT2D eigenvalue weighted by Crippen LogP contribution is -2.31. The van der Waals surface area contributed by atoms with Crippen LogP contribution in [0.3, 0.4) is 0 Å². The van der Waals surface area contributed by atoms with E-state index in [0.29, 0.717) is 23.6 Å². The zero-order valence-corrected chi connectivity index (χ0v) is 13.8. The van der Waals surface area contributed by atoms with Gasteiger partial charge in [-0.3, -0.25) is 4.40 Å². The van der Waals surface area contributed by atoms with Crippen LogP contribution in [-0.4, -0.2) is 41.8 Å². The lowest BCUT2D eigenvalue weighted by molar-refractivity contribution is 0.0517. The number of carbonyl (C=O) groups is 1. The van der Waals surface area contributed by atoms with Crippen molar-refractivity contribution >= 4 is 11.6 Å². The molecule has 0 unspecified atom stereocenters. The summed E-state index contributed by atoms with van der Waals surface area (Å²) in [6, 6.07) is 5.38. The Bertz CT molecular complexity index is 981. The molecule has 4 rings (SSSR count). The van der Waals surface area contributed by atoms with Crippen LogP contribution in [0.5, 0.6) is 0 Å². The summed E-state index contributed by atoms with van der Waals surface area (Å²) in [5, 5.41) is 7.91. The van der Waals surface area contributed by atoms with Crippen LogP contribution in [-0.2, 0) is 11.3 Å². The van der Waals surface area contributed by atoms with E-state index in [1.165, 1.54) is 9.36 Å². The number of carbonyl (C=O) groups excluding carboxylic acids is 1. The van der Waals surface area contributed by atoms with Crippen LogP contribution in [0, 0.1) is 0 Å². The summed E-state index contributed by atoms with van der Waals surface area (Å²) in [6.45, 7) is 2.27. The van der Waals surface area contributed by atoms with Gasteiger partial charge in [0.2, 0.25) is 0 Å². The van der Waals surface area contributed by atoms with E-state index in [1.807, 2.05) is 0 Å². The molecule has 9 nitrogen and oxygen atoms in total. The van der Waals surface area contributed by atoms with Crippen LogP contribution in [0.25, 0.3) is 5.65 Å². The molecule has 3 aromatic rings. The number of pyridine rings is 1. The molecule has 0 N–H and O–H groups in total. The van der Waals surface area contributed by atoms with E-state index < -0.39 is 5.97 Å². The fourth-order valence-electron chi connectivity index (χ4n) is 2.91. The van der Waals surface area contributed by atoms with Crippen LogP contribution in [0.1, 0.15) is 48.4 Å². The highest BCUT2D eigenvalue weighted by atomic mass is 16.5. The number of esters is 1. The van der Waals surface area contributed by atoms with E-state index in [-0.39, 0.29) is 18.3 Å². The van der Waals surface area contributed by atoms with Gasteiger partial charge in [0, 0.05) is 6.20 Å². The van der Waals surface area contributed by atoms with Crippen LogP contribution in [0.2, 0.25) is 0 Å². The second-order valence-corrected chi connectivity index (χ2v) is 6.04. The summed E-state index contributed by atoms with van der Waals surface area (Å²) in [7, 11) is 0. The molecule has 0 spiro atoms. The third kappa shape index (κ3) is 2.71. The van der Waals surface area contributed by atoms with Gasteiger partial charge >= 0.3 is 11.7 Å². The molecule has 0 atom stereocenters. The molecule has 3 heterocycles. The first kappa shape index (κ1) is 15.6. The van der Waals surface area contributed by atoms with Gasteiger partial charge in [-0.25, -0.2) is 14.6 Å². The van der Waals surface area contributed by atoms with Crippen LogP contribution in [0.15, 0.2) is 29.2 Å². The van der Waals surface area contributed by atoms with Gasteiger partial charge in [0.05, 0.1) is 24.9 Å². The minimum atomic E-state index is -0.412. The summed E-state index contributed by atoms with van der Waals surface area (Å²) < 4.78 is 9.47. The van der Waals surface area contributed by atoms with Crippen LogP contribution >= 0.6 is 0 Å². The molecule has 0 radical (unpaired) electrons. The Morgan fingerprint density at radius 3 is 2.88 bits per heavy atom. The predicted octanol–water partition coefficient (Wildman–Crippen LogP) is 1.04. The van der Waals surface area contributed by atoms with Crippen molar-refractivity contribution in [2.24, 2.45) is 0 Å². The lowest BCUT2D eigenvalue weighted by Gasteiger charge is -2.23. The maximum Gasteiger partial charge on any atom is 0.364 e. The van der Waals surface area contributed by atoms with Gasteiger partial charge in [0.1, 0.15) is 11.3 Å². The van der Waals surface area contributed by atoms with Gasteiger partial charge < -0.3 is 4.74 Å². The Labute approximate surface area is 142 Å². The summed E-state index contributed by atoms with van der Waals surface area (Å²) >= 11 is 0. The molecule has 0 amide bonds.